The van der Waals surface area contributed by atoms with Crippen molar-refractivity contribution in [3.8, 4) is 0 Å². The lowest BCUT2D eigenvalue weighted by Crippen LogP contribution is -2.43. The van der Waals surface area contributed by atoms with Gasteiger partial charge in [-0.2, -0.15) is 0 Å². The molecule has 0 saturated heterocycles. The molecule has 0 spiro atoms. The Morgan fingerprint density at radius 2 is 2.14 bits per heavy atom. The molecule has 2 rings (SSSR count). The molecule has 2 N–H and O–H groups in total. The highest BCUT2D eigenvalue weighted by atomic mass is 32.1. The summed E-state index contributed by atoms with van der Waals surface area (Å²) in [6.45, 7) is 4.14. The normalized spacial score (nSPS) is 15.2. The molecule has 2 atom stereocenters. The van der Waals surface area contributed by atoms with Gasteiger partial charge < -0.3 is 10.4 Å². The Labute approximate surface area is 128 Å². The molecule has 0 radical (unpaired) electrons. The van der Waals surface area contributed by atoms with Crippen molar-refractivity contribution in [3.63, 3.8) is 0 Å². The molecule has 2 aromatic rings. The average molecular weight is 304 g/mol. The van der Waals surface area contributed by atoms with Crippen LogP contribution in [0.5, 0.6) is 0 Å². The third-order valence-electron chi connectivity index (χ3n) is 3.78. The molecular weight excluding hydrogens is 284 g/mol. The third kappa shape index (κ3) is 4.12. The molecule has 21 heavy (non-hydrogen) atoms. The van der Waals surface area contributed by atoms with E-state index in [-0.39, 0.29) is 5.91 Å². The predicted octanol–water partition coefficient (Wildman–Crippen LogP) is 2.50. The van der Waals surface area contributed by atoms with Crippen LogP contribution in [0.15, 0.2) is 41.2 Å². The summed E-state index contributed by atoms with van der Waals surface area (Å²) < 4.78 is 0. The lowest BCUT2D eigenvalue weighted by Gasteiger charge is -2.33. The van der Waals surface area contributed by atoms with E-state index in [2.05, 4.69) is 10.3 Å². The average Bonchev–Trinajstić information content (AvgIpc) is 3.00. The van der Waals surface area contributed by atoms with Gasteiger partial charge in [0.05, 0.1) is 11.6 Å². The van der Waals surface area contributed by atoms with Crippen LogP contribution in [0.25, 0.3) is 0 Å². The van der Waals surface area contributed by atoms with E-state index >= 15 is 0 Å². The topological polar surface area (TPSA) is 62.2 Å². The fourth-order valence-corrected chi connectivity index (χ4v) is 2.65. The quantitative estimate of drug-likeness (QED) is 0.862. The molecule has 0 saturated carbocycles. The number of carbonyl (C=O) groups excluding carboxylic acids is 1. The van der Waals surface area contributed by atoms with Crippen LogP contribution < -0.4 is 5.32 Å². The van der Waals surface area contributed by atoms with Crippen molar-refractivity contribution >= 4 is 17.2 Å². The van der Waals surface area contributed by atoms with Gasteiger partial charge in [-0.1, -0.05) is 37.3 Å². The minimum absolute atomic E-state index is 0.198. The molecule has 4 nitrogen and oxygen atoms in total. The molecule has 1 heterocycles. The SMILES string of the molecule is C[C@H](O)[C@](C)(CNC(=O)c1cscn1)Cc1ccccc1. The number of nitrogens with zero attached hydrogens (tertiary/aromatic N) is 1. The third-order valence-corrected chi connectivity index (χ3v) is 4.36. The summed E-state index contributed by atoms with van der Waals surface area (Å²) in [7, 11) is 0. The Hall–Kier alpha value is -1.72. The lowest BCUT2D eigenvalue weighted by atomic mass is 9.79. The number of rotatable bonds is 6. The van der Waals surface area contributed by atoms with Crippen LogP contribution in [0, 0.1) is 5.41 Å². The highest BCUT2D eigenvalue weighted by molar-refractivity contribution is 7.07. The van der Waals surface area contributed by atoms with Gasteiger partial charge in [0.2, 0.25) is 0 Å². The molecule has 0 unspecified atom stereocenters. The number of hydrogen-bond donors (Lipinski definition) is 2. The van der Waals surface area contributed by atoms with E-state index in [1.165, 1.54) is 11.3 Å². The van der Waals surface area contributed by atoms with Crippen molar-refractivity contribution in [2.24, 2.45) is 5.41 Å². The monoisotopic (exact) mass is 304 g/mol. The number of amides is 1. The molecular formula is C16H20N2O2S. The van der Waals surface area contributed by atoms with Gasteiger partial charge in [-0.3, -0.25) is 4.79 Å². The number of carbonyl (C=O) groups is 1. The summed E-state index contributed by atoms with van der Waals surface area (Å²) in [6.07, 6.45) is 0.163. The Kier molecular flexibility index (Phi) is 5.09. The molecule has 5 heteroatoms. The minimum atomic E-state index is -0.534. The van der Waals surface area contributed by atoms with Crippen molar-refractivity contribution in [2.75, 3.05) is 6.54 Å². The molecule has 1 amide bonds. The van der Waals surface area contributed by atoms with Gasteiger partial charge in [0, 0.05) is 17.3 Å². The number of aliphatic hydroxyl groups is 1. The van der Waals surface area contributed by atoms with E-state index in [0.717, 1.165) is 5.56 Å². The van der Waals surface area contributed by atoms with Crippen molar-refractivity contribution in [1.29, 1.82) is 0 Å². The van der Waals surface area contributed by atoms with Crippen LogP contribution in [0.4, 0.5) is 0 Å². The molecule has 112 valence electrons. The van der Waals surface area contributed by atoms with Gasteiger partial charge >= 0.3 is 0 Å². The zero-order valence-corrected chi connectivity index (χ0v) is 13.1. The van der Waals surface area contributed by atoms with E-state index in [1.807, 2.05) is 37.3 Å². The number of hydrogen-bond acceptors (Lipinski definition) is 4. The Morgan fingerprint density at radius 1 is 1.43 bits per heavy atom. The fraction of sp³-hybridized carbons (Fsp3) is 0.375. The summed E-state index contributed by atoms with van der Waals surface area (Å²) >= 11 is 1.39. The first-order valence-corrected chi connectivity index (χ1v) is 7.84. The zero-order chi connectivity index (χ0) is 15.3. The van der Waals surface area contributed by atoms with Crippen LogP contribution in [-0.4, -0.2) is 28.6 Å². The minimum Gasteiger partial charge on any atom is -0.393 e. The van der Waals surface area contributed by atoms with Crippen LogP contribution in [0.1, 0.15) is 29.9 Å². The van der Waals surface area contributed by atoms with Crippen LogP contribution in [0.3, 0.4) is 0 Å². The van der Waals surface area contributed by atoms with E-state index in [0.29, 0.717) is 18.7 Å². The second-order valence-electron chi connectivity index (χ2n) is 5.55. The standard InChI is InChI=1S/C16H20N2O2S/c1-12(19)16(2,8-13-6-4-3-5-7-13)10-17-15(20)14-9-21-11-18-14/h3-7,9,11-12,19H,8,10H2,1-2H3,(H,17,20)/t12-,16-/m0/s1. The van der Waals surface area contributed by atoms with Crippen molar-refractivity contribution in [1.82, 2.24) is 10.3 Å². The largest absolute Gasteiger partial charge is 0.393 e. The summed E-state index contributed by atoms with van der Waals surface area (Å²) in [5, 5.41) is 14.7. The number of aromatic nitrogens is 1. The van der Waals surface area contributed by atoms with Gasteiger partial charge in [0.1, 0.15) is 5.69 Å². The molecule has 0 aliphatic rings. The molecule has 1 aromatic heterocycles. The van der Waals surface area contributed by atoms with E-state index < -0.39 is 11.5 Å². The maximum absolute atomic E-state index is 12.0. The first-order valence-electron chi connectivity index (χ1n) is 6.90. The molecule has 1 aromatic carbocycles. The smallest absolute Gasteiger partial charge is 0.270 e. The lowest BCUT2D eigenvalue weighted by molar-refractivity contribution is 0.0499. The highest BCUT2D eigenvalue weighted by Crippen LogP contribution is 2.26. The second-order valence-corrected chi connectivity index (χ2v) is 6.27. The van der Waals surface area contributed by atoms with Gasteiger partial charge in [-0.05, 0) is 18.9 Å². The van der Waals surface area contributed by atoms with Crippen LogP contribution >= 0.6 is 11.3 Å². The first kappa shape index (κ1) is 15.7. The molecule has 0 aliphatic heterocycles. The molecule has 0 aliphatic carbocycles. The van der Waals surface area contributed by atoms with Crippen LogP contribution in [0.2, 0.25) is 0 Å². The van der Waals surface area contributed by atoms with E-state index in [4.69, 9.17) is 0 Å². The molecule has 0 bridgehead atoms. The predicted molar refractivity (Wildman–Crippen MR) is 84.4 cm³/mol. The molecule has 0 fully saturated rings. The zero-order valence-electron chi connectivity index (χ0n) is 12.2. The number of thiazole rings is 1. The maximum Gasteiger partial charge on any atom is 0.270 e. The summed E-state index contributed by atoms with van der Waals surface area (Å²) in [5.41, 5.74) is 2.77. The van der Waals surface area contributed by atoms with E-state index in [9.17, 15) is 9.90 Å². The first-order chi connectivity index (χ1) is 10.0. The van der Waals surface area contributed by atoms with Gasteiger partial charge in [0.15, 0.2) is 0 Å². The Balaban J connectivity index is 2.03. The Morgan fingerprint density at radius 3 is 2.71 bits per heavy atom. The van der Waals surface area contributed by atoms with Crippen molar-refractivity contribution < 1.29 is 9.90 Å². The number of nitrogens with one attached hydrogen (secondary N) is 1. The summed E-state index contributed by atoms with van der Waals surface area (Å²) in [6, 6.07) is 9.98. The van der Waals surface area contributed by atoms with Crippen LogP contribution in [-0.2, 0) is 6.42 Å². The van der Waals surface area contributed by atoms with Crippen molar-refractivity contribution in [3.05, 3.63) is 52.5 Å². The van der Waals surface area contributed by atoms with Gasteiger partial charge in [-0.25, -0.2) is 4.98 Å². The summed E-state index contributed by atoms with van der Waals surface area (Å²) in [5.74, 6) is -0.198. The van der Waals surface area contributed by atoms with Gasteiger partial charge in [0.25, 0.3) is 5.91 Å². The van der Waals surface area contributed by atoms with Gasteiger partial charge in [-0.15, -0.1) is 11.3 Å². The number of benzene rings is 1. The fourth-order valence-electron chi connectivity index (χ4n) is 2.12. The van der Waals surface area contributed by atoms with Crippen molar-refractivity contribution in [2.45, 2.75) is 26.4 Å². The Bertz CT molecular complexity index is 569. The number of aliphatic hydroxyl groups excluding tert-OH is 1. The second kappa shape index (κ2) is 6.83. The maximum atomic E-state index is 12.0. The summed E-state index contributed by atoms with van der Waals surface area (Å²) in [4.78, 5) is 16.0. The highest BCUT2D eigenvalue weighted by Gasteiger charge is 2.31. The van der Waals surface area contributed by atoms with E-state index in [1.54, 1.807) is 17.8 Å².